The van der Waals surface area contributed by atoms with Crippen LogP contribution in [0.5, 0.6) is 5.75 Å². The van der Waals surface area contributed by atoms with Gasteiger partial charge in [-0.25, -0.2) is 14.6 Å². The quantitative estimate of drug-likeness (QED) is 0.308. The summed E-state index contributed by atoms with van der Waals surface area (Å²) in [4.78, 5) is 54.4. The molecule has 35 heavy (non-hydrogen) atoms. The van der Waals surface area contributed by atoms with Crippen molar-refractivity contribution in [1.82, 2.24) is 0 Å². The molecule has 1 aromatic heterocycles. The van der Waals surface area contributed by atoms with Crippen LogP contribution in [0.15, 0.2) is 12.1 Å². The standard InChI is InChI=1S/C14H19NO4.C6H3N3O7/c1-6-18-13(16)11-8(3)12(14(17)19-7-2)10(5)15-9(11)4;10-6-4(8(13)14)1-3(7(11)12)2-5(6)9(15)16/h6-7H2,1-5H3;1-2,10H. The number of rotatable bonds is 7. The van der Waals surface area contributed by atoms with Crippen LogP contribution in [0.3, 0.4) is 0 Å². The Balaban J connectivity index is 0.000000355. The number of aromatic amines is 1. The largest absolute Gasteiger partial charge is 0.863 e. The Labute approximate surface area is 197 Å². The second-order valence-corrected chi connectivity index (χ2v) is 6.78. The molecule has 0 saturated heterocycles. The summed E-state index contributed by atoms with van der Waals surface area (Å²) in [5, 5.41) is 42.1. The Bertz CT molecular complexity index is 1120. The summed E-state index contributed by atoms with van der Waals surface area (Å²) in [6, 6.07) is 0.769. The monoisotopic (exact) mass is 494 g/mol. The first-order valence-electron chi connectivity index (χ1n) is 9.93. The molecule has 2 rings (SSSR count). The van der Waals surface area contributed by atoms with E-state index >= 15 is 0 Å². The van der Waals surface area contributed by atoms with Gasteiger partial charge in [-0.15, -0.1) is 0 Å². The van der Waals surface area contributed by atoms with E-state index in [-0.39, 0.29) is 0 Å². The predicted octanol–water partition coefficient (Wildman–Crippen LogP) is 2.26. The SMILES string of the molecule is CCOC(=O)c1c(C)[nH+]c(C)c(C(=O)OCC)c1C.O=[N+]([O-])c1cc([N+](=O)[O-])c([O-])c([N+](=O)[O-])c1. The third-order valence-electron chi connectivity index (χ3n) is 4.47. The highest BCUT2D eigenvalue weighted by atomic mass is 16.6. The van der Waals surface area contributed by atoms with Gasteiger partial charge in [-0.2, -0.15) is 0 Å². The predicted molar refractivity (Wildman–Crippen MR) is 115 cm³/mol. The first-order chi connectivity index (χ1) is 16.3. The van der Waals surface area contributed by atoms with Crippen LogP contribution in [0.1, 0.15) is 51.5 Å². The Kier molecular flexibility index (Phi) is 9.69. The molecule has 1 N–H and O–H groups in total. The van der Waals surface area contributed by atoms with Crippen LogP contribution in [-0.2, 0) is 9.47 Å². The zero-order valence-corrected chi connectivity index (χ0v) is 19.4. The maximum Gasteiger partial charge on any atom is 0.344 e. The molecule has 188 valence electrons. The van der Waals surface area contributed by atoms with E-state index in [4.69, 9.17) is 9.47 Å². The average molecular weight is 494 g/mol. The van der Waals surface area contributed by atoms with Crippen molar-refractivity contribution in [3.05, 3.63) is 70.6 Å². The van der Waals surface area contributed by atoms with Crippen LogP contribution >= 0.6 is 0 Å². The zero-order valence-electron chi connectivity index (χ0n) is 19.4. The first kappa shape index (κ1) is 28.3. The number of nitro groups is 3. The van der Waals surface area contributed by atoms with Crippen molar-refractivity contribution in [2.45, 2.75) is 34.6 Å². The molecule has 0 aliphatic rings. The van der Waals surface area contributed by atoms with Gasteiger partial charge >= 0.3 is 11.9 Å². The number of aromatic nitrogens is 1. The number of carbonyl (C=O) groups is 2. The smallest absolute Gasteiger partial charge is 0.344 e. The number of H-pyrrole nitrogens is 1. The minimum Gasteiger partial charge on any atom is -0.863 e. The van der Waals surface area contributed by atoms with Crippen LogP contribution < -0.4 is 10.1 Å². The summed E-state index contributed by atoms with van der Waals surface area (Å²) < 4.78 is 10.0. The average Bonchev–Trinajstić information content (AvgIpc) is 2.73. The summed E-state index contributed by atoms with van der Waals surface area (Å²) in [7, 11) is 0. The Morgan fingerprint density at radius 3 is 1.46 bits per heavy atom. The van der Waals surface area contributed by atoms with Crippen molar-refractivity contribution >= 4 is 29.0 Å². The van der Waals surface area contributed by atoms with Crippen molar-refractivity contribution < 1.29 is 43.9 Å². The third kappa shape index (κ3) is 6.66. The number of non-ortho nitro benzene ring substituents is 1. The molecule has 0 aliphatic carbocycles. The summed E-state index contributed by atoms with van der Waals surface area (Å²) in [6.07, 6.45) is 0. The second-order valence-electron chi connectivity index (χ2n) is 6.78. The van der Waals surface area contributed by atoms with E-state index in [1.807, 2.05) is 0 Å². The van der Waals surface area contributed by atoms with Gasteiger partial charge in [0, 0.05) is 13.8 Å². The van der Waals surface area contributed by atoms with Gasteiger partial charge in [0.2, 0.25) is 0 Å². The molecule has 0 fully saturated rings. The topological polar surface area (TPSA) is 219 Å². The lowest BCUT2D eigenvalue weighted by Gasteiger charge is -2.10. The molecule has 2 aromatic rings. The number of nitro benzene ring substituents is 3. The van der Waals surface area contributed by atoms with Gasteiger partial charge in [-0.1, -0.05) is 0 Å². The molecule has 0 atom stereocenters. The van der Waals surface area contributed by atoms with Gasteiger partial charge < -0.3 is 14.6 Å². The van der Waals surface area contributed by atoms with Crippen LogP contribution in [0.2, 0.25) is 0 Å². The zero-order chi connectivity index (χ0) is 27.0. The van der Waals surface area contributed by atoms with Crippen molar-refractivity contribution in [2.75, 3.05) is 13.2 Å². The van der Waals surface area contributed by atoms with E-state index in [0.29, 0.717) is 53.4 Å². The molecule has 0 spiro atoms. The van der Waals surface area contributed by atoms with Gasteiger partial charge in [-0.05, 0) is 26.3 Å². The molecule has 0 bridgehead atoms. The highest BCUT2D eigenvalue weighted by Gasteiger charge is 2.28. The number of carbonyl (C=O) groups excluding carboxylic acids is 2. The minimum atomic E-state index is -1.46. The first-order valence-corrected chi connectivity index (χ1v) is 9.93. The van der Waals surface area contributed by atoms with E-state index in [1.54, 1.807) is 34.6 Å². The molecule has 15 heteroatoms. The van der Waals surface area contributed by atoms with Gasteiger partial charge in [0.25, 0.3) is 17.1 Å². The molecule has 0 radical (unpaired) electrons. The van der Waals surface area contributed by atoms with E-state index in [1.165, 1.54) is 0 Å². The fourth-order valence-corrected chi connectivity index (χ4v) is 3.07. The Morgan fingerprint density at radius 1 is 0.800 bits per heavy atom. The minimum absolute atomic E-state index is 0.292. The summed E-state index contributed by atoms with van der Waals surface area (Å²) in [5.74, 6) is -2.32. The maximum absolute atomic E-state index is 11.9. The third-order valence-corrected chi connectivity index (χ3v) is 4.47. The summed E-state index contributed by atoms with van der Waals surface area (Å²) in [5.41, 5.74) is -0.514. The fourth-order valence-electron chi connectivity index (χ4n) is 3.07. The maximum atomic E-state index is 11.9. The fraction of sp³-hybridized carbons (Fsp3) is 0.350. The van der Waals surface area contributed by atoms with Gasteiger partial charge in [-0.3, -0.25) is 30.3 Å². The molecule has 1 aromatic carbocycles. The number of hydrogen-bond donors (Lipinski definition) is 0. The van der Waals surface area contributed by atoms with E-state index in [9.17, 15) is 45.0 Å². The van der Waals surface area contributed by atoms with Gasteiger partial charge in [0.05, 0.1) is 45.9 Å². The van der Waals surface area contributed by atoms with Crippen molar-refractivity contribution in [3.8, 4) is 5.75 Å². The molecular weight excluding hydrogens is 472 g/mol. The number of nitrogens with one attached hydrogen (secondary N) is 1. The molecule has 0 amide bonds. The highest BCUT2D eigenvalue weighted by molar-refractivity contribution is 5.98. The second kappa shape index (κ2) is 12.0. The molecule has 0 unspecified atom stereocenters. The van der Waals surface area contributed by atoms with Crippen molar-refractivity contribution in [3.63, 3.8) is 0 Å². The van der Waals surface area contributed by atoms with Crippen LogP contribution in [-0.4, -0.2) is 39.9 Å². The highest BCUT2D eigenvalue weighted by Crippen LogP contribution is 2.36. The number of benzene rings is 1. The Morgan fingerprint density at radius 2 is 1.17 bits per heavy atom. The summed E-state index contributed by atoms with van der Waals surface area (Å²) >= 11 is 0. The molecule has 15 nitrogen and oxygen atoms in total. The number of aryl methyl sites for hydroxylation is 2. The molecule has 1 heterocycles. The number of pyridine rings is 1. The van der Waals surface area contributed by atoms with Gasteiger partial charge in [0.15, 0.2) is 11.4 Å². The Hall–Kier alpha value is -4.69. The molecule has 0 aliphatic heterocycles. The van der Waals surface area contributed by atoms with Crippen molar-refractivity contribution in [1.29, 1.82) is 0 Å². The number of nitrogens with zero attached hydrogens (tertiary/aromatic N) is 3. The lowest BCUT2D eigenvalue weighted by atomic mass is 10.00. The number of hydrogen-bond acceptors (Lipinski definition) is 11. The molecule has 0 saturated carbocycles. The van der Waals surface area contributed by atoms with Crippen LogP contribution in [0.4, 0.5) is 17.1 Å². The number of ether oxygens (including phenoxy) is 2. The number of esters is 2. The van der Waals surface area contributed by atoms with Crippen LogP contribution in [0.25, 0.3) is 0 Å². The van der Waals surface area contributed by atoms with Crippen LogP contribution in [0, 0.1) is 51.1 Å². The van der Waals surface area contributed by atoms with Crippen molar-refractivity contribution in [2.24, 2.45) is 0 Å². The lowest BCUT2D eigenvalue weighted by molar-refractivity contribution is -0.420. The summed E-state index contributed by atoms with van der Waals surface area (Å²) in [6.45, 7) is 9.36. The van der Waals surface area contributed by atoms with E-state index < -0.39 is 49.5 Å². The van der Waals surface area contributed by atoms with E-state index in [0.717, 1.165) is 0 Å². The molecular formula is C20H22N4O11. The lowest BCUT2D eigenvalue weighted by Crippen LogP contribution is -2.26. The van der Waals surface area contributed by atoms with Gasteiger partial charge in [0.1, 0.15) is 11.1 Å². The normalized spacial score (nSPS) is 9.97. The van der Waals surface area contributed by atoms with E-state index in [2.05, 4.69) is 4.98 Å².